The summed E-state index contributed by atoms with van der Waals surface area (Å²) < 4.78 is 5.22. The molecule has 0 aromatic heterocycles. The Morgan fingerprint density at radius 2 is 1.92 bits per heavy atom. The molecule has 2 aromatic carbocycles. The highest BCUT2D eigenvalue weighted by atomic mass is 35.5. The van der Waals surface area contributed by atoms with Crippen LogP contribution in [-0.4, -0.2) is 29.7 Å². The number of nitrogens with one attached hydrogen (secondary N) is 1. The molecule has 0 aliphatic carbocycles. The molecular weight excluding hydrogens is 352 g/mol. The third kappa shape index (κ3) is 5.10. The fraction of sp³-hybridized carbons (Fsp3) is 0.350. The summed E-state index contributed by atoms with van der Waals surface area (Å²) in [5, 5.41) is 4.79. The smallest absolute Gasteiger partial charge is 0.173 e. The highest BCUT2D eigenvalue weighted by Gasteiger charge is 2.17. The molecule has 0 heterocycles. The third-order valence-electron chi connectivity index (χ3n) is 4.33. The number of anilines is 1. The van der Waals surface area contributed by atoms with E-state index in [2.05, 4.69) is 36.2 Å². The van der Waals surface area contributed by atoms with E-state index in [4.69, 9.17) is 28.6 Å². The van der Waals surface area contributed by atoms with Gasteiger partial charge in [0, 0.05) is 23.3 Å². The minimum Gasteiger partial charge on any atom is -0.497 e. The zero-order chi connectivity index (χ0) is 18.4. The minimum atomic E-state index is 0.276. The van der Waals surface area contributed by atoms with Crippen molar-refractivity contribution in [3.05, 3.63) is 58.6 Å². The van der Waals surface area contributed by atoms with Crippen molar-refractivity contribution in [2.75, 3.05) is 19.0 Å². The number of hydrogen-bond donors (Lipinski definition) is 1. The monoisotopic (exact) mass is 376 g/mol. The first-order valence-electron chi connectivity index (χ1n) is 8.42. The Morgan fingerprint density at radius 3 is 2.52 bits per heavy atom. The van der Waals surface area contributed by atoms with Crippen molar-refractivity contribution in [2.45, 2.75) is 33.2 Å². The molecule has 5 heteroatoms. The van der Waals surface area contributed by atoms with E-state index in [1.807, 2.05) is 37.3 Å². The SMILES string of the molecule is CCN(C(=S)Nc1cccc(Cl)c1C)C(C)Cc1ccc(OC)cc1. The molecular formula is C20H25ClN2OS. The summed E-state index contributed by atoms with van der Waals surface area (Å²) in [6.07, 6.45) is 0.911. The molecule has 0 aliphatic heterocycles. The average Bonchev–Trinajstić information content (AvgIpc) is 2.60. The number of rotatable bonds is 6. The Morgan fingerprint density at radius 1 is 1.24 bits per heavy atom. The second-order valence-electron chi connectivity index (χ2n) is 6.03. The van der Waals surface area contributed by atoms with Crippen LogP contribution in [0.1, 0.15) is 25.0 Å². The predicted octanol–water partition coefficient (Wildman–Crippen LogP) is 5.31. The Kier molecular flexibility index (Phi) is 7.09. The fourth-order valence-corrected chi connectivity index (χ4v) is 3.39. The number of halogens is 1. The average molecular weight is 377 g/mol. The van der Waals surface area contributed by atoms with Crippen LogP contribution in [-0.2, 0) is 6.42 Å². The van der Waals surface area contributed by atoms with Gasteiger partial charge in [0.2, 0.25) is 0 Å². The van der Waals surface area contributed by atoms with Gasteiger partial charge in [0.25, 0.3) is 0 Å². The van der Waals surface area contributed by atoms with Crippen LogP contribution in [0.3, 0.4) is 0 Å². The van der Waals surface area contributed by atoms with Crippen molar-refractivity contribution in [1.82, 2.24) is 4.90 Å². The summed E-state index contributed by atoms with van der Waals surface area (Å²) in [7, 11) is 1.68. The van der Waals surface area contributed by atoms with E-state index in [9.17, 15) is 0 Å². The van der Waals surface area contributed by atoms with Gasteiger partial charge in [0.05, 0.1) is 7.11 Å². The molecule has 0 bridgehead atoms. The van der Waals surface area contributed by atoms with Crippen molar-refractivity contribution in [3.8, 4) is 5.75 Å². The molecule has 3 nitrogen and oxygen atoms in total. The Labute approximate surface area is 160 Å². The first-order chi connectivity index (χ1) is 12.0. The Hall–Kier alpha value is -1.78. The van der Waals surface area contributed by atoms with Gasteiger partial charge in [-0.05, 0) is 74.8 Å². The first kappa shape index (κ1) is 19.5. The van der Waals surface area contributed by atoms with Gasteiger partial charge in [0.1, 0.15) is 5.75 Å². The lowest BCUT2D eigenvalue weighted by Crippen LogP contribution is -2.42. The first-order valence-corrected chi connectivity index (χ1v) is 9.20. The number of thiocarbonyl (C=S) groups is 1. The number of methoxy groups -OCH3 is 1. The molecule has 0 saturated heterocycles. The molecule has 0 aliphatic rings. The summed E-state index contributed by atoms with van der Waals surface area (Å²) in [5.41, 5.74) is 3.21. The highest BCUT2D eigenvalue weighted by Crippen LogP contribution is 2.23. The molecule has 1 atom stereocenters. The second kappa shape index (κ2) is 9.07. The second-order valence-corrected chi connectivity index (χ2v) is 6.82. The lowest BCUT2D eigenvalue weighted by molar-refractivity contribution is 0.347. The van der Waals surface area contributed by atoms with E-state index in [1.165, 1.54) is 5.56 Å². The van der Waals surface area contributed by atoms with E-state index >= 15 is 0 Å². The number of nitrogens with zero attached hydrogens (tertiary/aromatic N) is 1. The quantitative estimate of drug-likeness (QED) is 0.691. The fourth-order valence-electron chi connectivity index (χ4n) is 2.80. The lowest BCUT2D eigenvalue weighted by atomic mass is 10.1. The van der Waals surface area contributed by atoms with Gasteiger partial charge in [-0.25, -0.2) is 0 Å². The van der Waals surface area contributed by atoms with Crippen LogP contribution < -0.4 is 10.1 Å². The molecule has 2 aromatic rings. The van der Waals surface area contributed by atoms with Crippen LogP contribution >= 0.6 is 23.8 Å². The highest BCUT2D eigenvalue weighted by molar-refractivity contribution is 7.80. The van der Waals surface area contributed by atoms with Crippen molar-refractivity contribution in [1.29, 1.82) is 0 Å². The van der Waals surface area contributed by atoms with E-state index in [-0.39, 0.29) is 6.04 Å². The van der Waals surface area contributed by atoms with E-state index < -0.39 is 0 Å². The molecule has 25 heavy (non-hydrogen) atoms. The van der Waals surface area contributed by atoms with Crippen LogP contribution in [0.15, 0.2) is 42.5 Å². The normalized spacial score (nSPS) is 11.7. The van der Waals surface area contributed by atoms with Crippen molar-refractivity contribution in [3.63, 3.8) is 0 Å². The molecule has 134 valence electrons. The van der Waals surface area contributed by atoms with Gasteiger partial charge < -0.3 is 15.0 Å². The maximum atomic E-state index is 6.20. The molecule has 2 rings (SSSR count). The van der Waals surface area contributed by atoms with Crippen molar-refractivity contribution < 1.29 is 4.74 Å². The number of hydrogen-bond acceptors (Lipinski definition) is 2. The third-order valence-corrected chi connectivity index (χ3v) is 5.08. The molecule has 0 radical (unpaired) electrons. The van der Waals surface area contributed by atoms with Crippen molar-refractivity contribution in [2.24, 2.45) is 0 Å². The van der Waals surface area contributed by atoms with E-state index in [0.717, 1.165) is 35.0 Å². The van der Waals surface area contributed by atoms with Crippen molar-refractivity contribution >= 4 is 34.6 Å². The molecule has 0 amide bonds. The largest absolute Gasteiger partial charge is 0.497 e. The zero-order valence-corrected chi connectivity index (χ0v) is 16.7. The lowest BCUT2D eigenvalue weighted by Gasteiger charge is -2.31. The number of likely N-dealkylation sites (N-methyl/N-ethyl adjacent to an activating group) is 1. The number of benzene rings is 2. The van der Waals surface area contributed by atoms with Gasteiger partial charge in [-0.2, -0.15) is 0 Å². The van der Waals surface area contributed by atoms with E-state index in [0.29, 0.717) is 5.11 Å². The molecule has 0 spiro atoms. The number of ether oxygens (including phenoxy) is 1. The maximum absolute atomic E-state index is 6.20. The summed E-state index contributed by atoms with van der Waals surface area (Å²) >= 11 is 11.8. The Balaban J connectivity index is 2.06. The summed E-state index contributed by atoms with van der Waals surface area (Å²) in [5.74, 6) is 0.873. The zero-order valence-electron chi connectivity index (χ0n) is 15.2. The van der Waals surface area contributed by atoms with E-state index in [1.54, 1.807) is 7.11 Å². The van der Waals surface area contributed by atoms with Crippen LogP contribution in [0.4, 0.5) is 5.69 Å². The summed E-state index contributed by atoms with van der Waals surface area (Å²) in [6, 6.07) is 14.3. The minimum absolute atomic E-state index is 0.276. The summed E-state index contributed by atoms with van der Waals surface area (Å²) in [6.45, 7) is 7.13. The van der Waals surface area contributed by atoms with Gasteiger partial charge in [-0.1, -0.05) is 29.8 Å². The van der Waals surface area contributed by atoms with Gasteiger partial charge in [-0.3, -0.25) is 0 Å². The standard InChI is InChI=1S/C20H25ClN2OS/c1-5-23(14(2)13-16-9-11-17(24-4)12-10-16)20(25)22-19-8-6-7-18(21)15(19)3/h6-12,14H,5,13H2,1-4H3,(H,22,25). The van der Waals surface area contributed by atoms with Crippen LogP contribution in [0.25, 0.3) is 0 Å². The van der Waals surface area contributed by atoms with Crippen LogP contribution in [0.2, 0.25) is 5.02 Å². The van der Waals surface area contributed by atoms with Gasteiger partial charge >= 0.3 is 0 Å². The molecule has 1 unspecified atom stereocenters. The summed E-state index contributed by atoms with van der Waals surface area (Å²) in [4.78, 5) is 2.19. The molecule has 0 saturated carbocycles. The molecule has 1 N–H and O–H groups in total. The Bertz CT molecular complexity index is 718. The topological polar surface area (TPSA) is 24.5 Å². The molecule has 0 fully saturated rings. The van der Waals surface area contributed by atoms with Crippen LogP contribution in [0, 0.1) is 6.92 Å². The maximum Gasteiger partial charge on any atom is 0.173 e. The van der Waals surface area contributed by atoms with Crippen LogP contribution in [0.5, 0.6) is 5.75 Å². The van der Waals surface area contributed by atoms with Gasteiger partial charge in [-0.15, -0.1) is 0 Å². The van der Waals surface area contributed by atoms with Gasteiger partial charge in [0.15, 0.2) is 5.11 Å². The predicted molar refractivity (Wildman–Crippen MR) is 111 cm³/mol.